The number of likely N-dealkylation sites (N-methyl/N-ethyl adjacent to an activating group) is 1. The molecule has 192 valence electrons. The molecule has 3 aromatic carbocycles. The average molecular weight is 522 g/mol. The van der Waals surface area contributed by atoms with Gasteiger partial charge in [0, 0.05) is 24.7 Å². The summed E-state index contributed by atoms with van der Waals surface area (Å²) in [4.78, 5) is 28.3. The van der Waals surface area contributed by atoms with Crippen LogP contribution in [0.3, 0.4) is 0 Å². The summed E-state index contributed by atoms with van der Waals surface area (Å²) >= 11 is 0. The van der Waals surface area contributed by atoms with Crippen molar-refractivity contribution in [3.8, 4) is 11.5 Å². The quantitative estimate of drug-likeness (QED) is 0.514. The summed E-state index contributed by atoms with van der Waals surface area (Å²) in [7, 11) is -2.53. The number of anilines is 1. The Bertz CT molecular complexity index is 1470. The highest BCUT2D eigenvalue weighted by atomic mass is 32.2. The molecule has 2 aliphatic rings. The zero-order valence-corrected chi connectivity index (χ0v) is 21.2. The maximum Gasteiger partial charge on any atom is 0.329 e. The van der Waals surface area contributed by atoms with Gasteiger partial charge in [-0.2, -0.15) is 0 Å². The van der Waals surface area contributed by atoms with Gasteiger partial charge in [0.05, 0.1) is 4.90 Å². The standard InChI is InChI=1S/C27H27N3O6S/c1-17-7-3-6-10-24(17)37(33,34)29-27(32)28-25(21-13-11-18-8-4-5-9-20(18)21)26(31)30(2)19-12-14-22-23(15-19)36-16-35-22/h3-10,12,14-15,21,25H,11,13,16H2,1-2H3,(H2,28,29,32)/t21?,25-/m0/s1. The third kappa shape index (κ3) is 4.84. The van der Waals surface area contributed by atoms with Crippen LogP contribution >= 0.6 is 0 Å². The van der Waals surface area contributed by atoms with Crippen LogP contribution in [0.2, 0.25) is 0 Å². The first-order valence-electron chi connectivity index (χ1n) is 11.9. The van der Waals surface area contributed by atoms with Crippen molar-refractivity contribution in [3.05, 3.63) is 83.4 Å². The Morgan fingerprint density at radius 2 is 1.73 bits per heavy atom. The minimum Gasteiger partial charge on any atom is -0.454 e. The van der Waals surface area contributed by atoms with E-state index in [1.165, 1.54) is 11.0 Å². The topological polar surface area (TPSA) is 114 Å². The number of benzene rings is 3. The fourth-order valence-corrected chi connectivity index (χ4v) is 6.07. The molecular formula is C27H27N3O6S. The lowest BCUT2D eigenvalue weighted by Crippen LogP contribution is -2.53. The number of nitrogens with zero attached hydrogens (tertiary/aromatic N) is 1. The number of rotatable bonds is 6. The summed E-state index contributed by atoms with van der Waals surface area (Å²) < 4.78 is 38.7. The van der Waals surface area contributed by atoms with E-state index in [-0.39, 0.29) is 23.5 Å². The van der Waals surface area contributed by atoms with Crippen LogP contribution in [0.4, 0.5) is 10.5 Å². The maximum absolute atomic E-state index is 13.8. The molecule has 3 amide bonds. The predicted molar refractivity (Wildman–Crippen MR) is 137 cm³/mol. The number of hydrogen-bond acceptors (Lipinski definition) is 6. The fourth-order valence-electron chi connectivity index (χ4n) is 4.91. The van der Waals surface area contributed by atoms with E-state index in [2.05, 4.69) is 10.0 Å². The van der Waals surface area contributed by atoms with E-state index in [0.717, 1.165) is 17.5 Å². The van der Waals surface area contributed by atoms with E-state index in [9.17, 15) is 18.0 Å². The summed E-state index contributed by atoms with van der Waals surface area (Å²) in [6.45, 7) is 1.75. The van der Waals surface area contributed by atoms with Gasteiger partial charge in [0.25, 0.3) is 10.0 Å². The van der Waals surface area contributed by atoms with Gasteiger partial charge in [0.15, 0.2) is 11.5 Å². The first-order chi connectivity index (χ1) is 17.7. The second-order valence-corrected chi connectivity index (χ2v) is 10.8. The zero-order valence-electron chi connectivity index (χ0n) is 20.4. The van der Waals surface area contributed by atoms with Crippen LogP contribution in [0.1, 0.15) is 29.0 Å². The van der Waals surface area contributed by atoms with Crippen molar-refractivity contribution < 1.29 is 27.5 Å². The first kappa shape index (κ1) is 24.6. The molecule has 5 rings (SSSR count). The van der Waals surface area contributed by atoms with Gasteiger partial charge in [-0.25, -0.2) is 17.9 Å². The molecule has 1 heterocycles. The lowest BCUT2D eigenvalue weighted by Gasteiger charge is -2.29. The van der Waals surface area contributed by atoms with Gasteiger partial charge in [0.1, 0.15) is 6.04 Å². The van der Waals surface area contributed by atoms with Crippen molar-refractivity contribution in [3.63, 3.8) is 0 Å². The van der Waals surface area contributed by atoms with E-state index in [0.29, 0.717) is 29.2 Å². The molecule has 0 radical (unpaired) electrons. The molecule has 37 heavy (non-hydrogen) atoms. The molecule has 2 atom stereocenters. The van der Waals surface area contributed by atoms with Crippen LogP contribution in [0.25, 0.3) is 0 Å². The summed E-state index contributed by atoms with van der Waals surface area (Å²) in [6, 6.07) is 17.3. The highest BCUT2D eigenvalue weighted by Gasteiger charge is 2.38. The number of ether oxygens (including phenoxy) is 2. The van der Waals surface area contributed by atoms with Crippen molar-refractivity contribution >= 4 is 27.6 Å². The molecule has 2 N–H and O–H groups in total. The Hall–Kier alpha value is -4.05. The second kappa shape index (κ2) is 9.78. The van der Waals surface area contributed by atoms with E-state index in [1.807, 2.05) is 24.3 Å². The van der Waals surface area contributed by atoms with Gasteiger partial charge in [-0.3, -0.25) is 4.79 Å². The average Bonchev–Trinajstić information content (AvgIpc) is 3.53. The number of nitrogens with one attached hydrogen (secondary N) is 2. The molecule has 1 aliphatic heterocycles. The summed E-state index contributed by atoms with van der Waals surface area (Å²) in [5, 5.41) is 2.67. The highest BCUT2D eigenvalue weighted by molar-refractivity contribution is 7.90. The molecule has 0 spiro atoms. The van der Waals surface area contributed by atoms with Crippen LogP contribution in [-0.2, 0) is 21.2 Å². The molecule has 0 saturated carbocycles. The summed E-state index contributed by atoms with van der Waals surface area (Å²) in [6.07, 6.45) is 1.39. The molecule has 3 aromatic rings. The van der Waals surface area contributed by atoms with E-state index >= 15 is 0 Å². The highest BCUT2D eigenvalue weighted by Crippen LogP contribution is 2.38. The lowest BCUT2D eigenvalue weighted by molar-refractivity contribution is -0.120. The Kier molecular flexibility index (Phi) is 6.51. The number of urea groups is 1. The van der Waals surface area contributed by atoms with Gasteiger partial charge in [-0.05, 0) is 54.7 Å². The number of aryl methyl sites for hydroxylation is 2. The number of carbonyl (C=O) groups is 2. The van der Waals surface area contributed by atoms with Crippen molar-refractivity contribution in [1.82, 2.24) is 10.0 Å². The van der Waals surface area contributed by atoms with Gasteiger partial charge < -0.3 is 19.7 Å². The molecule has 0 bridgehead atoms. The van der Waals surface area contributed by atoms with Crippen LogP contribution in [-0.4, -0.2) is 40.2 Å². The first-order valence-corrected chi connectivity index (χ1v) is 13.4. The smallest absolute Gasteiger partial charge is 0.329 e. The zero-order chi connectivity index (χ0) is 26.2. The molecule has 0 aromatic heterocycles. The fraction of sp³-hybridized carbons (Fsp3) is 0.259. The van der Waals surface area contributed by atoms with Crippen LogP contribution in [0, 0.1) is 6.92 Å². The van der Waals surface area contributed by atoms with Crippen molar-refractivity contribution in [1.29, 1.82) is 0 Å². The molecule has 0 fully saturated rings. The van der Waals surface area contributed by atoms with Crippen molar-refractivity contribution in [2.24, 2.45) is 0 Å². The van der Waals surface area contributed by atoms with Crippen molar-refractivity contribution in [2.75, 3.05) is 18.7 Å². The predicted octanol–water partition coefficient (Wildman–Crippen LogP) is 3.47. The third-order valence-electron chi connectivity index (χ3n) is 6.82. The third-order valence-corrected chi connectivity index (χ3v) is 8.31. The Balaban J connectivity index is 1.42. The summed E-state index contributed by atoms with van der Waals surface area (Å²) in [5.41, 5.74) is 3.12. The van der Waals surface area contributed by atoms with Crippen LogP contribution < -0.4 is 24.4 Å². The minimum absolute atomic E-state index is 0.00304. The number of sulfonamides is 1. The lowest BCUT2D eigenvalue weighted by atomic mass is 9.92. The normalized spacial score (nSPS) is 16.5. The van der Waals surface area contributed by atoms with Crippen LogP contribution in [0.5, 0.6) is 11.5 Å². The molecular weight excluding hydrogens is 494 g/mol. The largest absolute Gasteiger partial charge is 0.454 e. The monoisotopic (exact) mass is 521 g/mol. The molecule has 10 heteroatoms. The number of fused-ring (bicyclic) bond motifs is 2. The Morgan fingerprint density at radius 1 is 1.00 bits per heavy atom. The van der Waals surface area contributed by atoms with Crippen LogP contribution in [0.15, 0.2) is 71.6 Å². The summed E-state index contributed by atoms with van der Waals surface area (Å²) in [5.74, 6) is 0.399. The van der Waals surface area contributed by atoms with Gasteiger partial charge in [-0.1, -0.05) is 42.5 Å². The number of hydrogen-bond donors (Lipinski definition) is 2. The number of amides is 3. The van der Waals surface area contributed by atoms with Gasteiger partial charge in [0.2, 0.25) is 12.7 Å². The molecule has 1 aliphatic carbocycles. The molecule has 1 unspecified atom stereocenters. The second-order valence-electron chi connectivity index (χ2n) is 9.10. The molecule has 0 saturated heterocycles. The Labute approximate surface area is 215 Å². The van der Waals surface area contributed by atoms with E-state index in [1.54, 1.807) is 50.4 Å². The molecule has 9 nitrogen and oxygen atoms in total. The maximum atomic E-state index is 13.8. The Morgan fingerprint density at radius 3 is 2.54 bits per heavy atom. The van der Waals surface area contributed by atoms with Crippen molar-refractivity contribution in [2.45, 2.75) is 36.6 Å². The van der Waals surface area contributed by atoms with Gasteiger partial charge >= 0.3 is 6.03 Å². The number of carbonyl (C=O) groups excluding carboxylic acids is 2. The minimum atomic E-state index is -4.14. The van der Waals surface area contributed by atoms with E-state index in [4.69, 9.17) is 9.47 Å². The van der Waals surface area contributed by atoms with E-state index < -0.39 is 22.1 Å². The SMILES string of the molecule is Cc1ccccc1S(=O)(=O)NC(=O)N[C@H](C(=O)N(C)c1ccc2c(c1)OCO2)C1CCc2ccccc21. The van der Waals surface area contributed by atoms with Gasteiger partial charge in [-0.15, -0.1) is 0 Å².